The Hall–Kier alpha value is -4.50. The van der Waals surface area contributed by atoms with E-state index in [1.807, 2.05) is 36.6 Å². The number of carbonyl (C=O) groups is 3. The highest BCUT2D eigenvalue weighted by Gasteiger charge is 2.47. The van der Waals surface area contributed by atoms with Crippen LogP contribution in [-0.2, 0) is 16.1 Å². The number of nitrogens with one attached hydrogen (secondary N) is 2. The van der Waals surface area contributed by atoms with Crippen molar-refractivity contribution in [2.75, 3.05) is 10.6 Å². The minimum Gasteiger partial charge on any atom is -0.438 e. The smallest absolute Gasteiger partial charge is 0.411 e. The van der Waals surface area contributed by atoms with Gasteiger partial charge in [0, 0.05) is 11.4 Å². The van der Waals surface area contributed by atoms with Crippen LogP contribution in [0, 0.1) is 12.7 Å². The summed E-state index contributed by atoms with van der Waals surface area (Å²) in [5.74, 6) is -1.16. The largest absolute Gasteiger partial charge is 0.438 e. The maximum atomic E-state index is 13.6. The summed E-state index contributed by atoms with van der Waals surface area (Å²) < 4.78 is 19.1. The third-order valence-corrected chi connectivity index (χ3v) is 7.03. The van der Waals surface area contributed by atoms with Crippen LogP contribution in [-0.4, -0.2) is 28.8 Å². The third kappa shape index (κ3) is 5.57. The van der Waals surface area contributed by atoms with Crippen molar-refractivity contribution in [2.45, 2.75) is 25.6 Å². The SMILES string of the molecule is Cc1ccc(CN2C(=O)O[C@@H](c3cccc(NC(=O)c4cccs4)c3)[C@@H]2C(=O)Nc2ccc(F)cc2)cc1. The maximum absolute atomic E-state index is 13.6. The highest BCUT2D eigenvalue weighted by atomic mass is 32.1. The van der Waals surface area contributed by atoms with Crippen LogP contribution in [0.15, 0.2) is 90.3 Å². The van der Waals surface area contributed by atoms with Crippen LogP contribution >= 0.6 is 11.3 Å². The highest BCUT2D eigenvalue weighted by molar-refractivity contribution is 7.12. The third-order valence-electron chi connectivity index (χ3n) is 6.16. The average molecular weight is 530 g/mol. The summed E-state index contributed by atoms with van der Waals surface area (Å²) in [7, 11) is 0. The number of rotatable bonds is 7. The number of hydrogen-bond acceptors (Lipinski definition) is 5. The molecule has 0 aliphatic carbocycles. The van der Waals surface area contributed by atoms with E-state index in [0.717, 1.165) is 11.1 Å². The molecular weight excluding hydrogens is 505 g/mol. The normalized spacial score (nSPS) is 16.7. The minimum absolute atomic E-state index is 0.159. The van der Waals surface area contributed by atoms with Gasteiger partial charge in [-0.1, -0.05) is 48.0 Å². The lowest BCUT2D eigenvalue weighted by molar-refractivity contribution is -0.121. The molecule has 1 fully saturated rings. The molecule has 3 amide bonds. The average Bonchev–Trinajstić information content (AvgIpc) is 3.56. The van der Waals surface area contributed by atoms with Gasteiger partial charge in [0.05, 0.1) is 11.4 Å². The van der Waals surface area contributed by atoms with Crippen LogP contribution in [0.5, 0.6) is 0 Å². The number of ether oxygens (including phenoxy) is 1. The van der Waals surface area contributed by atoms with Crippen LogP contribution in [0.2, 0.25) is 0 Å². The second-order valence-electron chi connectivity index (χ2n) is 8.92. The lowest BCUT2D eigenvalue weighted by atomic mass is 9.99. The lowest BCUT2D eigenvalue weighted by Crippen LogP contribution is -2.43. The number of thiophene rings is 1. The fourth-order valence-electron chi connectivity index (χ4n) is 4.24. The summed E-state index contributed by atoms with van der Waals surface area (Å²) in [6.45, 7) is 2.12. The standard InChI is InChI=1S/C29H24FN3O4S/c1-18-7-9-19(10-8-18)17-33-25(28(35)31-22-13-11-21(30)12-14-22)26(37-29(33)36)20-4-2-5-23(16-20)32-27(34)24-6-3-15-38-24/h2-16,25-26H,17H2,1H3,(H,31,35)(H,32,34)/t25-,26+/m1/s1. The van der Waals surface area contributed by atoms with E-state index >= 15 is 0 Å². The summed E-state index contributed by atoms with van der Waals surface area (Å²) in [6, 6.07) is 22.4. The van der Waals surface area contributed by atoms with Gasteiger partial charge in [0.2, 0.25) is 0 Å². The Labute approximate surface area is 222 Å². The fraction of sp³-hybridized carbons (Fsp3) is 0.138. The van der Waals surface area contributed by atoms with E-state index in [9.17, 15) is 18.8 Å². The second kappa shape index (κ2) is 10.9. The lowest BCUT2D eigenvalue weighted by Gasteiger charge is -2.24. The first-order chi connectivity index (χ1) is 18.4. The number of halogens is 1. The van der Waals surface area contributed by atoms with Crippen molar-refractivity contribution in [1.29, 1.82) is 0 Å². The monoisotopic (exact) mass is 529 g/mol. The molecule has 2 atom stereocenters. The molecule has 2 N–H and O–H groups in total. The Kier molecular flexibility index (Phi) is 7.19. The Morgan fingerprint density at radius 2 is 1.71 bits per heavy atom. The minimum atomic E-state index is -1.02. The van der Waals surface area contributed by atoms with Crippen molar-refractivity contribution < 1.29 is 23.5 Å². The van der Waals surface area contributed by atoms with Gasteiger partial charge in [-0.2, -0.15) is 0 Å². The molecule has 0 radical (unpaired) electrons. The van der Waals surface area contributed by atoms with Gasteiger partial charge in [-0.25, -0.2) is 9.18 Å². The molecule has 1 aliphatic rings. The van der Waals surface area contributed by atoms with Crippen molar-refractivity contribution in [2.24, 2.45) is 0 Å². The fourth-order valence-corrected chi connectivity index (χ4v) is 4.86. The van der Waals surface area contributed by atoms with E-state index in [2.05, 4.69) is 10.6 Å². The molecular formula is C29H24FN3O4S. The van der Waals surface area contributed by atoms with Crippen molar-refractivity contribution in [3.8, 4) is 0 Å². The quantitative estimate of drug-likeness (QED) is 0.301. The number of carbonyl (C=O) groups excluding carboxylic acids is 3. The van der Waals surface area contributed by atoms with Crippen molar-refractivity contribution in [1.82, 2.24) is 4.90 Å². The van der Waals surface area contributed by atoms with E-state index in [1.54, 1.807) is 36.4 Å². The molecule has 3 aromatic carbocycles. The van der Waals surface area contributed by atoms with Crippen LogP contribution in [0.4, 0.5) is 20.6 Å². The van der Waals surface area contributed by atoms with Crippen LogP contribution in [0.25, 0.3) is 0 Å². The number of cyclic esters (lactones) is 1. The zero-order chi connectivity index (χ0) is 26.6. The van der Waals surface area contributed by atoms with E-state index < -0.39 is 30.0 Å². The molecule has 0 unspecified atom stereocenters. The van der Waals surface area contributed by atoms with E-state index in [0.29, 0.717) is 21.8 Å². The Morgan fingerprint density at radius 3 is 2.42 bits per heavy atom. The number of amides is 3. The van der Waals surface area contributed by atoms with Crippen LogP contribution < -0.4 is 10.6 Å². The Bertz CT molecular complexity index is 1460. The summed E-state index contributed by atoms with van der Waals surface area (Å²) >= 11 is 1.32. The number of hydrogen-bond donors (Lipinski definition) is 2. The summed E-state index contributed by atoms with van der Waals surface area (Å²) in [6.07, 6.45) is -1.57. The molecule has 7 nitrogen and oxygen atoms in total. The van der Waals surface area contributed by atoms with E-state index in [-0.39, 0.29) is 12.5 Å². The molecule has 9 heteroatoms. The van der Waals surface area contributed by atoms with Crippen LogP contribution in [0.1, 0.15) is 32.5 Å². The first-order valence-electron chi connectivity index (χ1n) is 11.9. The van der Waals surface area contributed by atoms with Gasteiger partial charge < -0.3 is 15.4 Å². The van der Waals surface area contributed by atoms with Gasteiger partial charge in [-0.05, 0) is 65.9 Å². The first kappa shape index (κ1) is 25.2. The summed E-state index contributed by atoms with van der Waals surface area (Å²) in [4.78, 5) is 41.1. The molecule has 0 saturated carbocycles. The zero-order valence-electron chi connectivity index (χ0n) is 20.4. The molecule has 1 saturated heterocycles. The molecule has 38 heavy (non-hydrogen) atoms. The van der Waals surface area contributed by atoms with Crippen molar-refractivity contribution in [3.05, 3.63) is 118 Å². The van der Waals surface area contributed by atoms with Gasteiger partial charge >= 0.3 is 6.09 Å². The predicted octanol–water partition coefficient (Wildman–Crippen LogP) is 6.15. The van der Waals surface area contributed by atoms with Gasteiger partial charge in [0.25, 0.3) is 11.8 Å². The van der Waals surface area contributed by atoms with Gasteiger partial charge in [-0.15, -0.1) is 11.3 Å². The second-order valence-corrected chi connectivity index (χ2v) is 9.86. The molecule has 192 valence electrons. The van der Waals surface area contributed by atoms with E-state index in [4.69, 9.17) is 4.74 Å². The zero-order valence-corrected chi connectivity index (χ0v) is 21.2. The molecule has 5 rings (SSSR count). The summed E-state index contributed by atoms with van der Waals surface area (Å²) in [5, 5.41) is 7.44. The summed E-state index contributed by atoms with van der Waals surface area (Å²) in [5.41, 5.74) is 3.36. The molecule has 1 aliphatic heterocycles. The Morgan fingerprint density at radius 1 is 0.947 bits per heavy atom. The Balaban J connectivity index is 1.44. The van der Waals surface area contributed by atoms with E-state index in [1.165, 1.54) is 40.5 Å². The first-order valence-corrected chi connectivity index (χ1v) is 12.8. The predicted molar refractivity (Wildman–Crippen MR) is 143 cm³/mol. The number of nitrogens with zero attached hydrogens (tertiary/aromatic N) is 1. The molecule has 0 spiro atoms. The molecule has 0 bridgehead atoms. The van der Waals surface area contributed by atoms with Crippen LogP contribution in [0.3, 0.4) is 0 Å². The van der Waals surface area contributed by atoms with Crippen molar-refractivity contribution >= 4 is 40.6 Å². The van der Waals surface area contributed by atoms with Gasteiger partial charge in [-0.3, -0.25) is 14.5 Å². The number of anilines is 2. The van der Waals surface area contributed by atoms with Gasteiger partial charge in [0.15, 0.2) is 12.1 Å². The topological polar surface area (TPSA) is 87.7 Å². The molecule has 4 aromatic rings. The highest BCUT2D eigenvalue weighted by Crippen LogP contribution is 2.35. The van der Waals surface area contributed by atoms with Crippen molar-refractivity contribution in [3.63, 3.8) is 0 Å². The number of benzene rings is 3. The molecule has 1 aromatic heterocycles. The van der Waals surface area contributed by atoms with Gasteiger partial charge in [0.1, 0.15) is 5.82 Å². The maximum Gasteiger partial charge on any atom is 0.411 e. The molecule has 2 heterocycles. The number of aryl methyl sites for hydroxylation is 1.